The van der Waals surface area contributed by atoms with Gasteiger partial charge in [-0.15, -0.1) is 12.4 Å². The van der Waals surface area contributed by atoms with Gasteiger partial charge in [0.05, 0.1) is 11.7 Å². The minimum atomic E-state index is -0.269. The summed E-state index contributed by atoms with van der Waals surface area (Å²) in [6.07, 6.45) is 5.46. The summed E-state index contributed by atoms with van der Waals surface area (Å²) in [5.74, 6) is 1.28. The Morgan fingerprint density at radius 1 is 1.31 bits per heavy atom. The van der Waals surface area contributed by atoms with Crippen LogP contribution in [0.1, 0.15) is 17.6 Å². The van der Waals surface area contributed by atoms with Crippen LogP contribution in [-0.4, -0.2) is 39.1 Å². The Kier molecular flexibility index (Phi) is 5.70. The van der Waals surface area contributed by atoms with E-state index in [2.05, 4.69) is 24.8 Å². The number of aryl methyl sites for hydroxylation is 1. The van der Waals surface area contributed by atoms with Gasteiger partial charge in [0.15, 0.2) is 0 Å². The molecule has 3 heterocycles. The first-order valence-electron chi connectivity index (χ1n) is 8.33. The van der Waals surface area contributed by atoms with E-state index >= 15 is 0 Å². The Balaban J connectivity index is 0.00000196. The lowest BCUT2D eigenvalue weighted by molar-refractivity contribution is 0.143. The van der Waals surface area contributed by atoms with Gasteiger partial charge in [-0.25, -0.2) is 14.4 Å². The largest absolute Gasteiger partial charge is 0.444 e. The van der Waals surface area contributed by atoms with E-state index in [9.17, 15) is 4.39 Å². The molecule has 0 aliphatic carbocycles. The lowest BCUT2D eigenvalue weighted by Crippen LogP contribution is -2.46. The highest BCUT2D eigenvalue weighted by atomic mass is 35.5. The van der Waals surface area contributed by atoms with Crippen molar-refractivity contribution in [2.24, 2.45) is 7.05 Å². The van der Waals surface area contributed by atoms with Crippen LogP contribution < -0.4 is 5.32 Å². The zero-order chi connectivity index (χ0) is 17.2. The number of benzene rings is 1. The summed E-state index contributed by atoms with van der Waals surface area (Å²) in [6.45, 7) is 3.39. The number of halogens is 2. The predicted molar refractivity (Wildman–Crippen MR) is 98.4 cm³/mol. The van der Waals surface area contributed by atoms with E-state index in [1.54, 1.807) is 18.4 Å². The molecule has 3 aromatic rings. The molecule has 1 unspecified atom stereocenters. The lowest BCUT2D eigenvalue weighted by atomic mass is 10.1. The molecule has 0 saturated carbocycles. The third kappa shape index (κ3) is 3.80. The number of nitrogens with zero attached hydrogens (tertiary/aromatic N) is 4. The molecule has 0 spiro atoms. The summed E-state index contributed by atoms with van der Waals surface area (Å²) in [7, 11) is 2.01. The van der Waals surface area contributed by atoms with E-state index in [0.717, 1.165) is 36.7 Å². The van der Waals surface area contributed by atoms with E-state index in [4.69, 9.17) is 4.42 Å². The fourth-order valence-corrected chi connectivity index (χ4v) is 3.20. The van der Waals surface area contributed by atoms with Crippen molar-refractivity contribution in [1.82, 2.24) is 24.8 Å². The van der Waals surface area contributed by atoms with Crippen LogP contribution in [0.4, 0.5) is 4.39 Å². The number of nitrogens with one attached hydrogen (secondary N) is 1. The number of piperazine rings is 1. The minimum absolute atomic E-state index is 0. The summed E-state index contributed by atoms with van der Waals surface area (Å²) in [5, 5.41) is 3.43. The van der Waals surface area contributed by atoms with Gasteiger partial charge in [-0.3, -0.25) is 4.90 Å². The van der Waals surface area contributed by atoms with E-state index < -0.39 is 0 Å². The summed E-state index contributed by atoms with van der Waals surface area (Å²) in [6, 6.07) is 6.36. The van der Waals surface area contributed by atoms with Gasteiger partial charge in [-0.2, -0.15) is 0 Å². The molecule has 1 aliphatic heterocycles. The molecule has 6 nitrogen and oxygen atoms in total. The number of oxazole rings is 1. The molecule has 1 N–H and O–H groups in total. The first-order valence-corrected chi connectivity index (χ1v) is 8.33. The molecule has 1 atom stereocenters. The fraction of sp³-hybridized carbons (Fsp3) is 0.333. The van der Waals surface area contributed by atoms with Gasteiger partial charge >= 0.3 is 0 Å². The van der Waals surface area contributed by atoms with Gasteiger partial charge in [0, 0.05) is 51.2 Å². The van der Waals surface area contributed by atoms with Crippen molar-refractivity contribution >= 4 is 12.4 Å². The Morgan fingerprint density at radius 3 is 2.85 bits per heavy atom. The molecule has 0 bridgehead atoms. The Bertz CT molecular complexity index is 847. The second-order valence-corrected chi connectivity index (χ2v) is 6.24. The van der Waals surface area contributed by atoms with Crippen molar-refractivity contribution < 1.29 is 8.81 Å². The van der Waals surface area contributed by atoms with Crippen molar-refractivity contribution in [3.8, 4) is 11.5 Å². The number of rotatable bonds is 4. The van der Waals surface area contributed by atoms with Gasteiger partial charge < -0.3 is 14.3 Å². The van der Waals surface area contributed by atoms with E-state index in [1.807, 2.05) is 19.4 Å². The van der Waals surface area contributed by atoms with Crippen molar-refractivity contribution in [3.63, 3.8) is 0 Å². The van der Waals surface area contributed by atoms with Crippen LogP contribution in [-0.2, 0) is 13.6 Å². The normalized spacial score (nSPS) is 17.8. The molecule has 8 heteroatoms. The number of hydrogen-bond donors (Lipinski definition) is 1. The fourth-order valence-electron chi connectivity index (χ4n) is 3.20. The molecular weight excluding hydrogens is 357 g/mol. The van der Waals surface area contributed by atoms with Crippen molar-refractivity contribution in [1.29, 1.82) is 0 Å². The van der Waals surface area contributed by atoms with Gasteiger partial charge in [0.2, 0.25) is 5.89 Å². The summed E-state index contributed by atoms with van der Waals surface area (Å²) in [5.41, 5.74) is 1.63. The third-order valence-corrected chi connectivity index (χ3v) is 4.52. The third-order valence-electron chi connectivity index (χ3n) is 4.52. The zero-order valence-corrected chi connectivity index (χ0v) is 15.2. The summed E-state index contributed by atoms with van der Waals surface area (Å²) < 4.78 is 20.7. The van der Waals surface area contributed by atoms with Gasteiger partial charge in [-0.05, 0) is 24.3 Å². The summed E-state index contributed by atoms with van der Waals surface area (Å²) in [4.78, 5) is 11.4. The Hall–Kier alpha value is -2.22. The zero-order valence-electron chi connectivity index (χ0n) is 14.4. The van der Waals surface area contributed by atoms with Crippen LogP contribution in [0.5, 0.6) is 0 Å². The summed E-state index contributed by atoms with van der Waals surface area (Å²) >= 11 is 0. The van der Waals surface area contributed by atoms with Crippen molar-refractivity contribution in [2.75, 3.05) is 19.6 Å². The Labute approximate surface area is 157 Å². The maximum absolute atomic E-state index is 13.1. The average Bonchev–Trinajstić information content (AvgIpc) is 3.25. The molecule has 138 valence electrons. The van der Waals surface area contributed by atoms with Crippen LogP contribution in [0.15, 0.2) is 47.3 Å². The van der Waals surface area contributed by atoms with E-state index in [-0.39, 0.29) is 24.3 Å². The van der Waals surface area contributed by atoms with Crippen molar-refractivity contribution in [2.45, 2.75) is 12.6 Å². The van der Waals surface area contributed by atoms with Crippen LogP contribution in [0.2, 0.25) is 0 Å². The maximum atomic E-state index is 13.1. The average molecular weight is 378 g/mol. The molecule has 2 aromatic heterocycles. The predicted octanol–water partition coefficient (Wildman–Crippen LogP) is 2.78. The minimum Gasteiger partial charge on any atom is -0.444 e. The first kappa shape index (κ1) is 18.6. The van der Waals surface area contributed by atoms with Gasteiger partial charge in [-0.1, -0.05) is 0 Å². The maximum Gasteiger partial charge on any atom is 0.226 e. The highest BCUT2D eigenvalue weighted by Gasteiger charge is 2.27. The van der Waals surface area contributed by atoms with Gasteiger partial charge in [0.1, 0.15) is 17.9 Å². The number of hydrogen-bond acceptors (Lipinski definition) is 5. The molecule has 1 aliphatic rings. The lowest BCUT2D eigenvalue weighted by Gasteiger charge is -2.35. The van der Waals surface area contributed by atoms with Crippen molar-refractivity contribution in [3.05, 3.63) is 60.3 Å². The molecule has 1 aromatic carbocycles. The molecule has 0 amide bonds. The van der Waals surface area contributed by atoms with Crippen LogP contribution in [0, 0.1) is 5.82 Å². The monoisotopic (exact) mass is 377 g/mol. The smallest absolute Gasteiger partial charge is 0.226 e. The second kappa shape index (κ2) is 7.99. The van der Waals surface area contributed by atoms with Crippen LogP contribution in [0.25, 0.3) is 11.5 Å². The number of imidazole rings is 1. The topological polar surface area (TPSA) is 59.1 Å². The molecule has 4 rings (SSSR count). The number of aromatic nitrogens is 3. The molecule has 26 heavy (non-hydrogen) atoms. The highest BCUT2D eigenvalue weighted by Crippen LogP contribution is 2.24. The standard InChI is InChI=1S/C18H20FN5O.ClH/c1-23-8-7-21-17(23)16-10-20-6-9-24(16)11-15-12-25-18(22-15)13-2-4-14(19)5-3-13;/h2-5,7-8,12,16,20H,6,9-11H2,1H3;1H. The molecular formula is C18H21ClFN5O. The van der Waals surface area contributed by atoms with Gasteiger partial charge in [0.25, 0.3) is 0 Å². The molecule has 1 saturated heterocycles. The Morgan fingerprint density at radius 2 is 2.12 bits per heavy atom. The van der Waals surface area contributed by atoms with Crippen LogP contribution >= 0.6 is 12.4 Å². The first-order chi connectivity index (χ1) is 12.2. The molecule has 0 radical (unpaired) electrons. The SMILES string of the molecule is Cl.Cn1ccnc1C1CNCCN1Cc1coc(-c2ccc(F)cc2)n1. The second-order valence-electron chi connectivity index (χ2n) is 6.24. The molecule has 1 fully saturated rings. The quantitative estimate of drug-likeness (QED) is 0.757. The van der Waals surface area contributed by atoms with Crippen LogP contribution in [0.3, 0.4) is 0 Å². The van der Waals surface area contributed by atoms with E-state index in [1.165, 1.54) is 12.1 Å². The highest BCUT2D eigenvalue weighted by molar-refractivity contribution is 5.85. The van der Waals surface area contributed by atoms with E-state index in [0.29, 0.717) is 12.4 Å².